The van der Waals surface area contributed by atoms with Gasteiger partial charge in [-0.05, 0) is 38.1 Å². The molecule has 0 aliphatic rings. The van der Waals surface area contributed by atoms with Crippen molar-refractivity contribution in [2.45, 2.75) is 30.6 Å². The van der Waals surface area contributed by atoms with Gasteiger partial charge in [0.05, 0.1) is 12.8 Å². The first-order valence-corrected chi connectivity index (χ1v) is 10.1. The van der Waals surface area contributed by atoms with Gasteiger partial charge in [0.15, 0.2) is 12.4 Å². The van der Waals surface area contributed by atoms with Crippen LogP contribution in [-0.4, -0.2) is 33.3 Å². The number of nitrogen functional groups attached to an aromatic ring is 1. The van der Waals surface area contributed by atoms with Crippen LogP contribution in [0.5, 0.6) is 5.75 Å². The third kappa shape index (κ3) is 5.84. The van der Waals surface area contributed by atoms with E-state index in [-0.39, 0.29) is 35.5 Å². The average Bonchev–Trinajstić information content (AvgIpc) is 2.73. The lowest BCUT2D eigenvalue weighted by Crippen LogP contribution is -2.18. The number of carbonyl (C=O) groups is 1. The van der Waals surface area contributed by atoms with Crippen molar-refractivity contribution in [1.82, 2.24) is 15.0 Å². The Morgan fingerprint density at radius 3 is 2.60 bits per heavy atom. The summed E-state index contributed by atoms with van der Waals surface area (Å²) in [6, 6.07) is 15.3. The normalized spacial score (nSPS) is 11.6. The maximum Gasteiger partial charge on any atom is 0.319 e. The first-order chi connectivity index (χ1) is 14.4. The molecular formula is C21H23N5O3S. The van der Waals surface area contributed by atoms with Gasteiger partial charge in [-0.25, -0.2) is 0 Å². The van der Waals surface area contributed by atoms with Crippen molar-refractivity contribution in [2.24, 2.45) is 0 Å². The summed E-state index contributed by atoms with van der Waals surface area (Å²) in [6.07, 6.45) is 0. The topological polar surface area (TPSA) is 112 Å². The van der Waals surface area contributed by atoms with Gasteiger partial charge in [-0.3, -0.25) is 4.79 Å². The maximum absolute atomic E-state index is 12.4. The van der Waals surface area contributed by atoms with Gasteiger partial charge in [-0.15, -0.1) is 11.8 Å². The number of hydrogen-bond donors (Lipinski definition) is 2. The van der Waals surface area contributed by atoms with Gasteiger partial charge < -0.3 is 20.5 Å². The number of benzene rings is 2. The Balaban J connectivity index is 1.62. The molecule has 1 atom stereocenters. The molecule has 30 heavy (non-hydrogen) atoms. The number of rotatable bonds is 8. The van der Waals surface area contributed by atoms with Crippen molar-refractivity contribution >= 4 is 35.3 Å². The number of nitrogens with two attached hydrogens (primary N) is 1. The molecular weight excluding hydrogens is 402 g/mol. The van der Waals surface area contributed by atoms with E-state index in [1.807, 2.05) is 55.5 Å². The largest absolute Gasteiger partial charge is 0.495 e. The lowest BCUT2D eigenvalue weighted by atomic mass is 10.2. The fourth-order valence-corrected chi connectivity index (χ4v) is 3.41. The molecule has 0 unspecified atom stereocenters. The van der Waals surface area contributed by atoms with Crippen molar-refractivity contribution in [1.29, 1.82) is 0 Å². The van der Waals surface area contributed by atoms with Gasteiger partial charge in [-0.2, -0.15) is 15.0 Å². The average molecular weight is 426 g/mol. The molecule has 0 saturated carbocycles. The second-order valence-electron chi connectivity index (χ2n) is 6.44. The van der Waals surface area contributed by atoms with Crippen molar-refractivity contribution in [3.05, 3.63) is 59.9 Å². The highest BCUT2D eigenvalue weighted by Gasteiger charge is 2.17. The fourth-order valence-electron chi connectivity index (χ4n) is 2.55. The Kier molecular flexibility index (Phi) is 7.08. The number of anilines is 3. The third-order valence-corrected chi connectivity index (χ3v) is 5.15. The summed E-state index contributed by atoms with van der Waals surface area (Å²) < 4.78 is 10.7. The van der Waals surface area contributed by atoms with Crippen LogP contribution < -0.4 is 15.8 Å². The van der Waals surface area contributed by atoms with Gasteiger partial charge in [0.25, 0.3) is 0 Å². The number of esters is 1. The SMILES string of the molecule is COc1ccccc1Nc1nc(N)nc(COC(=O)[C@H](C)Sc2ccc(C)cc2)n1. The lowest BCUT2D eigenvalue weighted by molar-refractivity contribution is -0.144. The summed E-state index contributed by atoms with van der Waals surface area (Å²) in [6.45, 7) is 3.71. The smallest absolute Gasteiger partial charge is 0.319 e. The number of hydrogen-bond acceptors (Lipinski definition) is 9. The zero-order valence-corrected chi connectivity index (χ0v) is 17.8. The van der Waals surface area contributed by atoms with Crippen LogP contribution in [0.15, 0.2) is 53.4 Å². The van der Waals surface area contributed by atoms with Crippen LogP contribution in [0.3, 0.4) is 0 Å². The van der Waals surface area contributed by atoms with Crippen LogP contribution in [0.1, 0.15) is 18.3 Å². The molecule has 0 aliphatic heterocycles. The highest BCUT2D eigenvalue weighted by molar-refractivity contribution is 8.00. The first kappa shape index (κ1) is 21.4. The molecule has 3 aromatic rings. The zero-order valence-electron chi connectivity index (χ0n) is 17.0. The van der Waals surface area contributed by atoms with E-state index < -0.39 is 0 Å². The molecule has 156 valence electrons. The molecule has 0 radical (unpaired) electrons. The summed E-state index contributed by atoms with van der Waals surface area (Å²) in [5, 5.41) is 2.66. The summed E-state index contributed by atoms with van der Waals surface area (Å²) in [5.74, 6) is 0.779. The number of ether oxygens (including phenoxy) is 2. The lowest BCUT2D eigenvalue weighted by Gasteiger charge is -2.12. The predicted molar refractivity (Wildman–Crippen MR) is 117 cm³/mol. The summed E-state index contributed by atoms with van der Waals surface area (Å²) >= 11 is 1.43. The van der Waals surface area contributed by atoms with Crippen LogP contribution >= 0.6 is 11.8 Å². The number of nitrogens with zero attached hydrogens (tertiary/aromatic N) is 3. The van der Waals surface area contributed by atoms with E-state index in [1.165, 1.54) is 17.3 Å². The van der Waals surface area contributed by atoms with Crippen molar-refractivity contribution in [2.75, 3.05) is 18.2 Å². The Bertz CT molecular complexity index is 1010. The highest BCUT2D eigenvalue weighted by atomic mass is 32.2. The van der Waals surface area contributed by atoms with Crippen molar-refractivity contribution in [3.8, 4) is 5.75 Å². The van der Waals surface area contributed by atoms with Crippen LogP contribution in [-0.2, 0) is 16.1 Å². The van der Waals surface area contributed by atoms with Gasteiger partial charge >= 0.3 is 5.97 Å². The quantitative estimate of drug-likeness (QED) is 0.412. The molecule has 3 rings (SSSR count). The Morgan fingerprint density at radius 2 is 1.87 bits per heavy atom. The monoisotopic (exact) mass is 425 g/mol. The molecule has 8 nitrogen and oxygen atoms in total. The van der Waals surface area contributed by atoms with Crippen LogP contribution in [0.25, 0.3) is 0 Å². The van der Waals surface area contributed by atoms with Gasteiger partial charge in [0.2, 0.25) is 11.9 Å². The van der Waals surface area contributed by atoms with Crippen LogP contribution in [0.2, 0.25) is 0 Å². The van der Waals surface area contributed by atoms with Crippen LogP contribution in [0.4, 0.5) is 17.6 Å². The summed E-state index contributed by atoms with van der Waals surface area (Å²) in [4.78, 5) is 25.7. The Morgan fingerprint density at radius 1 is 1.13 bits per heavy atom. The van der Waals surface area contributed by atoms with E-state index in [9.17, 15) is 4.79 Å². The molecule has 9 heteroatoms. The van der Waals surface area contributed by atoms with Gasteiger partial charge in [-0.1, -0.05) is 29.8 Å². The number of aromatic nitrogens is 3. The summed E-state index contributed by atoms with van der Waals surface area (Å²) in [5.41, 5.74) is 7.63. The second kappa shape index (κ2) is 9.93. The second-order valence-corrected chi connectivity index (χ2v) is 7.85. The van der Waals surface area contributed by atoms with E-state index in [2.05, 4.69) is 20.3 Å². The Labute approximate surface area is 179 Å². The number of para-hydroxylation sites is 2. The maximum atomic E-state index is 12.4. The predicted octanol–water partition coefficient (Wildman–Crippen LogP) is 3.74. The number of aryl methyl sites for hydroxylation is 1. The van der Waals surface area contributed by atoms with Crippen molar-refractivity contribution < 1.29 is 14.3 Å². The van der Waals surface area contributed by atoms with Gasteiger partial charge in [0.1, 0.15) is 11.0 Å². The van der Waals surface area contributed by atoms with E-state index in [1.54, 1.807) is 14.0 Å². The van der Waals surface area contributed by atoms with Gasteiger partial charge in [0, 0.05) is 4.90 Å². The standard InChI is InChI=1S/C21H23N5O3S/c1-13-8-10-15(11-9-13)30-14(2)19(27)29-12-18-24-20(22)26-21(25-18)23-16-6-4-5-7-17(16)28-3/h4-11,14H,12H2,1-3H3,(H3,22,23,24,25,26)/t14-/m0/s1. The molecule has 0 aliphatic carbocycles. The molecule has 3 N–H and O–H groups in total. The van der Waals surface area contributed by atoms with E-state index >= 15 is 0 Å². The number of methoxy groups -OCH3 is 1. The highest BCUT2D eigenvalue weighted by Crippen LogP contribution is 2.26. The number of nitrogens with one attached hydrogen (secondary N) is 1. The number of thioether (sulfide) groups is 1. The Hall–Kier alpha value is -3.33. The van der Waals surface area contributed by atoms with E-state index in [0.717, 1.165) is 4.90 Å². The summed E-state index contributed by atoms with van der Waals surface area (Å²) in [7, 11) is 1.57. The van der Waals surface area contributed by atoms with E-state index in [0.29, 0.717) is 11.4 Å². The minimum absolute atomic E-state index is 0.0236. The van der Waals surface area contributed by atoms with E-state index in [4.69, 9.17) is 15.2 Å². The van der Waals surface area contributed by atoms with Crippen molar-refractivity contribution in [3.63, 3.8) is 0 Å². The molecule has 2 aromatic carbocycles. The molecule has 0 spiro atoms. The van der Waals surface area contributed by atoms with Crippen LogP contribution in [0, 0.1) is 6.92 Å². The molecule has 0 amide bonds. The minimum Gasteiger partial charge on any atom is -0.495 e. The molecule has 0 saturated heterocycles. The molecule has 0 bridgehead atoms. The first-order valence-electron chi connectivity index (χ1n) is 9.25. The fraction of sp³-hybridized carbons (Fsp3) is 0.238. The third-order valence-electron chi connectivity index (χ3n) is 4.06. The minimum atomic E-state index is -0.377. The molecule has 1 aromatic heterocycles. The molecule has 0 fully saturated rings. The molecule has 1 heterocycles. The number of carbonyl (C=O) groups excluding carboxylic acids is 1. The zero-order chi connectivity index (χ0) is 21.5.